The van der Waals surface area contributed by atoms with Gasteiger partial charge in [-0.2, -0.15) is 0 Å². The number of esters is 1. The van der Waals surface area contributed by atoms with Crippen LogP contribution in [0, 0.1) is 0 Å². The average molecular weight is 291 g/mol. The molecular formula is C17H25NO3. The van der Waals surface area contributed by atoms with E-state index in [1.165, 1.54) is 12.8 Å². The van der Waals surface area contributed by atoms with Gasteiger partial charge < -0.3 is 9.47 Å². The summed E-state index contributed by atoms with van der Waals surface area (Å²) < 4.78 is 10.9. The van der Waals surface area contributed by atoms with Crippen LogP contribution in [-0.4, -0.2) is 25.2 Å². The van der Waals surface area contributed by atoms with Crippen molar-refractivity contribution in [1.82, 2.24) is 5.32 Å². The first-order chi connectivity index (χ1) is 10.3. The van der Waals surface area contributed by atoms with Crippen molar-refractivity contribution in [2.75, 3.05) is 13.2 Å². The summed E-state index contributed by atoms with van der Waals surface area (Å²) in [6.07, 6.45) is 4.68. The van der Waals surface area contributed by atoms with Crippen molar-refractivity contribution in [3.05, 3.63) is 29.8 Å². The van der Waals surface area contributed by atoms with Crippen molar-refractivity contribution < 1.29 is 14.3 Å². The quantitative estimate of drug-likeness (QED) is 0.784. The zero-order chi connectivity index (χ0) is 15.1. The number of carbonyl (C=O) groups excluding carboxylic acids is 1. The van der Waals surface area contributed by atoms with Crippen LogP contribution in [0.5, 0.6) is 5.75 Å². The molecule has 1 aliphatic carbocycles. The molecule has 4 heteroatoms. The second kappa shape index (κ2) is 8.03. The maximum atomic E-state index is 12.3. The Morgan fingerprint density at radius 2 is 1.95 bits per heavy atom. The number of carbonyl (C=O) groups is 1. The summed E-state index contributed by atoms with van der Waals surface area (Å²) in [5.41, 5.74) is 0.865. The molecule has 1 aromatic carbocycles. The minimum absolute atomic E-state index is 0.225. The molecule has 1 atom stereocenters. The summed E-state index contributed by atoms with van der Waals surface area (Å²) in [4.78, 5) is 12.3. The number of nitrogens with one attached hydrogen (secondary N) is 1. The van der Waals surface area contributed by atoms with E-state index >= 15 is 0 Å². The van der Waals surface area contributed by atoms with Crippen molar-refractivity contribution in [2.45, 2.75) is 51.6 Å². The Bertz CT molecular complexity index is 455. The molecule has 1 unspecified atom stereocenters. The van der Waals surface area contributed by atoms with Gasteiger partial charge in [0.05, 0.1) is 13.2 Å². The molecule has 0 amide bonds. The second-order valence-electron chi connectivity index (χ2n) is 5.30. The summed E-state index contributed by atoms with van der Waals surface area (Å²) >= 11 is 0. The number of hydrogen-bond acceptors (Lipinski definition) is 4. The van der Waals surface area contributed by atoms with Crippen molar-refractivity contribution in [3.8, 4) is 5.75 Å². The second-order valence-corrected chi connectivity index (χ2v) is 5.30. The van der Waals surface area contributed by atoms with E-state index in [0.29, 0.717) is 19.3 Å². The SMILES string of the molecule is CCOC(=O)C(NC1CCCC1)c1ccccc1OCC. The zero-order valence-corrected chi connectivity index (χ0v) is 12.9. The van der Waals surface area contributed by atoms with Crippen molar-refractivity contribution in [3.63, 3.8) is 0 Å². The molecule has 1 fully saturated rings. The van der Waals surface area contributed by atoms with E-state index < -0.39 is 6.04 Å². The van der Waals surface area contributed by atoms with Crippen LogP contribution in [0.25, 0.3) is 0 Å². The fourth-order valence-corrected chi connectivity index (χ4v) is 2.84. The third-order valence-corrected chi connectivity index (χ3v) is 3.81. The van der Waals surface area contributed by atoms with Gasteiger partial charge in [-0.05, 0) is 32.8 Å². The fourth-order valence-electron chi connectivity index (χ4n) is 2.84. The number of hydrogen-bond donors (Lipinski definition) is 1. The minimum atomic E-state index is -0.448. The minimum Gasteiger partial charge on any atom is -0.494 e. The van der Waals surface area contributed by atoms with Gasteiger partial charge in [0.2, 0.25) is 0 Å². The van der Waals surface area contributed by atoms with Gasteiger partial charge in [0.1, 0.15) is 11.8 Å². The molecule has 1 N–H and O–H groups in total. The topological polar surface area (TPSA) is 47.6 Å². The molecule has 0 radical (unpaired) electrons. The van der Waals surface area contributed by atoms with Crippen LogP contribution < -0.4 is 10.1 Å². The van der Waals surface area contributed by atoms with Crippen molar-refractivity contribution in [2.24, 2.45) is 0 Å². The van der Waals surface area contributed by atoms with Crippen molar-refractivity contribution in [1.29, 1.82) is 0 Å². The van der Waals surface area contributed by atoms with Crippen molar-refractivity contribution >= 4 is 5.97 Å². The molecule has 2 rings (SSSR count). The Morgan fingerprint density at radius 3 is 2.62 bits per heavy atom. The third-order valence-electron chi connectivity index (χ3n) is 3.81. The average Bonchev–Trinajstić information content (AvgIpc) is 2.99. The van der Waals surface area contributed by atoms with Crippen LogP contribution in [0.2, 0.25) is 0 Å². The molecule has 0 saturated heterocycles. The highest BCUT2D eigenvalue weighted by Gasteiger charge is 2.28. The molecule has 4 nitrogen and oxygen atoms in total. The summed E-state index contributed by atoms with van der Waals surface area (Å²) in [5, 5.41) is 3.46. The van der Waals surface area contributed by atoms with E-state index in [9.17, 15) is 4.79 Å². The van der Waals surface area contributed by atoms with Gasteiger partial charge in [-0.25, -0.2) is 4.79 Å². The molecule has 0 aliphatic heterocycles. The first kappa shape index (κ1) is 15.8. The Hall–Kier alpha value is -1.55. The van der Waals surface area contributed by atoms with E-state index in [1.54, 1.807) is 0 Å². The standard InChI is InChI=1S/C17H25NO3/c1-3-20-15-12-8-7-11-14(15)16(17(19)21-4-2)18-13-9-5-6-10-13/h7-8,11-13,16,18H,3-6,9-10H2,1-2H3. The summed E-state index contributed by atoms with van der Waals surface area (Å²) in [6.45, 7) is 4.74. The van der Waals surface area contributed by atoms with Crippen LogP contribution in [-0.2, 0) is 9.53 Å². The van der Waals surface area contributed by atoms with Gasteiger partial charge in [-0.1, -0.05) is 31.0 Å². The highest BCUT2D eigenvalue weighted by molar-refractivity contribution is 5.78. The van der Waals surface area contributed by atoms with E-state index in [2.05, 4.69) is 5.32 Å². The first-order valence-corrected chi connectivity index (χ1v) is 7.90. The maximum absolute atomic E-state index is 12.3. The number of rotatable bonds is 7. The predicted molar refractivity (Wildman–Crippen MR) is 82.4 cm³/mol. The van der Waals surface area contributed by atoms with E-state index in [1.807, 2.05) is 38.1 Å². The molecular weight excluding hydrogens is 266 g/mol. The smallest absolute Gasteiger partial charge is 0.327 e. The molecule has 1 aromatic rings. The molecule has 0 spiro atoms. The Morgan fingerprint density at radius 1 is 1.24 bits per heavy atom. The Balaban J connectivity index is 2.22. The highest BCUT2D eigenvalue weighted by Crippen LogP contribution is 2.29. The van der Waals surface area contributed by atoms with E-state index in [4.69, 9.17) is 9.47 Å². The summed E-state index contributed by atoms with van der Waals surface area (Å²) in [6, 6.07) is 7.63. The Labute approximate surface area is 126 Å². The van der Waals surface area contributed by atoms with Gasteiger partial charge in [-0.3, -0.25) is 5.32 Å². The lowest BCUT2D eigenvalue weighted by molar-refractivity contribution is -0.146. The van der Waals surface area contributed by atoms with Crippen LogP contribution in [0.3, 0.4) is 0 Å². The molecule has 116 valence electrons. The zero-order valence-electron chi connectivity index (χ0n) is 12.9. The van der Waals surface area contributed by atoms with Gasteiger partial charge >= 0.3 is 5.97 Å². The molecule has 1 aliphatic rings. The Kier molecular flexibility index (Phi) is 6.05. The van der Waals surface area contributed by atoms with Crippen LogP contribution in [0.4, 0.5) is 0 Å². The van der Waals surface area contributed by atoms with Gasteiger partial charge in [0.15, 0.2) is 0 Å². The molecule has 0 heterocycles. The molecule has 21 heavy (non-hydrogen) atoms. The molecule has 0 aromatic heterocycles. The monoisotopic (exact) mass is 291 g/mol. The van der Waals surface area contributed by atoms with Gasteiger partial charge in [0, 0.05) is 11.6 Å². The van der Waals surface area contributed by atoms with Gasteiger partial charge in [-0.15, -0.1) is 0 Å². The summed E-state index contributed by atoms with van der Waals surface area (Å²) in [5.74, 6) is 0.528. The lowest BCUT2D eigenvalue weighted by Crippen LogP contribution is -2.36. The third kappa shape index (κ3) is 4.21. The van der Waals surface area contributed by atoms with Crippen LogP contribution in [0.1, 0.15) is 51.1 Å². The van der Waals surface area contributed by atoms with Crippen LogP contribution in [0.15, 0.2) is 24.3 Å². The van der Waals surface area contributed by atoms with E-state index in [-0.39, 0.29) is 5.97 Å². The maximum Gasteiger partial charge on any atom is 0.327 e. The largest absolute Gasteiger partial charge is 0.494 e. The lowest BCUT2D eigenvalue weighted by atomic mass is 10.0. The number of ether oxygens (including phenoxy) is 2. The molecule has 0 bridgehead atoms. The summed E-state index contributed by atoms with van der Waals surface area (Å²) in [7, 11) is 0. The lowest BCUT2D eigenvalue weighted by Gasteiger charge is -2.23. The normalized spacial score (nSPS) is 16.7. The van der Waals surface area contributed by atoms with Gasteiger partial charge in [0.25, 0.3) is 0 Å². The fraction of sp³-hybridized carbons (Fsp3) is 0.588. The number of para-hydroxylation sites is 1. The predicted octanol–water partition coefficient (Wildman–Crippen LogP) is 3.22. The van der Waals surface area contributed by atoms with Crippen LogP contribution >= 0.6 is 0 Å². The van der Waals surface area contributed by atoms with E-state index in [0.717, 1.165) is 24.2 Å². The first-order valence-electron chi connectivity index (χ1n) is 7.90. The highest BCUT2D eigenvalue weighted by atomic mass is 16.5. The molecule has 1 saturated carbocycles. The number of benzene rings is 1.